The minimum Gasteiger partial charge on any atom is -0.338 e. The van der Waals surface area contributed by atoms with Gasteiger partial charge in [0.2, 0.25) is 5.91 Å². The summed E-state index contributed by atoms with van der Waals surface area (Å²) >= 11 is 0. The molecule has 0 aromatic rings. The lowest BCUT2D eigenvalue weighted by Crippen LogP contribution is -2.48. The van der Waals surface area contributed by atoms with Crippen LogP contribution in [0.3, 0.4) is 0 Å². The Hall–Kier alpha value is -0.280. The molecule has 0 bridgehead atoms. The number of carbonyl (C=O) groups excluding carboxylic acids is 1. The van der Waals surface area contributed by atoms with Crippen molar-refractivity contribution < 1.29 is 4.79 Å². The normalized spacial score (nSPS) is 39.5. The molecule has 3 unspecified atom stereocenters. The summed E-state index contributed by atoms with van der Waals surface area (Å²) in [6, 6.07) is 0.336. The summed E-state index contributed by atoms with van der Waals surface area (Å²) in [5.74, 6) is 2.31. The lowest BCUT2D eigenvalue weighted by Gasteiger charge is -2.35. The largest absolute Gasteiger partial charge is 0.338 e. The molecule has 0 radical (unpaired) electrons. The highest BCUT2D eigenvalue weighted by molar-refractivity contribution is 5.85. The minimum atomic E-state index is 0. The van der Waals surface area contributed by atoms with Crippen LogP contribution in [-0.2, 0) is 4.79 Å². The minimum absolute atomic E-state index is 0. The zero-order valence-corrected chi connectivity index (χ0v) is 11.1. The molecule has 17 heavy (non-hydrogen) atoms. The fraction of sp³-hybridized carbons (Fsp3) is 0.923. The number of fused-ring (bicyclic) bond motifs is 1. The van der Waals surface area contributed by atoms with Gasteiger partial charge in [-0.1, -0.05) is 6.42 Å². The highest BCUT2D eigenvalue weighted by Gasteiger charge is 2.57. The topological polar surface area (TPSA) is 46.3 Å². The molecule has 0 spiro atoms. The first-order valence-electron chi connectivity index (χ1n) is 6.83. The van der Waals surface area contributed by atoms with Gasteiger partial charge in [0.05, 0.1) is 0 Å². The van der Waals surface area contributed by atoms with Crippen LogP contribution in [0.1, 0.15) is 38.5 Å². The number of piperidine rings is 1. The van der Waals surface area contributed by atoms with Crippen molar-refractivity contribution in [1.82, 2.24) is 4.90 Å². The van der Waals surface area contributed by atoms with Crippen molar-refractivity contribution in [1.29, 1.82) is 0 Å². The van der Waals surface area contributed by atoms with Crippen LogP contribution in [0.25, 0.3) is 0 Å². The second-order valence-corrected chi connectivity index (χ2v) is 5.70. The average Bonchev–Trinajstić information content (AvgIpc) is 2.81. The summed E-state index contributed by atoms with van der Waals surface area (Å²) in [4.78, 5) is 14.5. The van der Waals surface area contributed by atoms with E-state index in [1.54, 1.807) is 0 Å². The second-order valence-electron chi connectivity index (χ2n) is 5.70. The van der Waals surface area contributed by atoms with Gasteiger partial charge in [-0.25, -0.2) is 0 Å². The summed E-state index contributed by atoms with van der Waals surface area (Å²) in [6.45, 7) is 1.60. The van der Waals surface area contributed by atoms with E-state index in [0.29, 0.717) is 24.4 Å². The maximum absolute atomic E-state index is 12.4. The smallest absolute Gasteiger partial charge is 0.226 e. The molecule has 1 saturated heterocycles. The van der Waals surface area contributed by atoms with E-state index in [1.807, 2.05) is 0 Å². The van der Waals surface area contributed by atoms with Crippen LogP contribution in [0.5, 0.6) is 0 Å². The van der Waals surface area contributed by atoms with E-state index < -0.39 is 0 Å². The van der Waals surface area contributed by atoms with E-state index >= 15 is 0 Å². The van der Waals surface area contributed by atoms with Crippen LogP contribution in [0.2, 0.25) is 0 Å². The number of nitrogens with two attached hydrogens (primary N) is 1. The summed E-state index contributed by atoms with van der Waals surface area (Å²) in [5, 5.41) is 0. The highest BCUT2D eigenvalue weighted by atomic mass is 35.5. The summed E-state index contributed by atoms with van der Waals surface area (Å²) in [6.07, 6.45) is 7.46. The van der Waals surface area contributed by atoms with Gasteiger partial charge in [0.25, 0.3) is 0 Å². The molecule has 3 nitrogen and oxygen atoms in total. The molecule has 98 valence electrons. The Labute approximate surface area is 110 Å². The third-order valence-electron chi connectivity index (χ3n) is 4.87. The van der Waals surface area contributed by atoms with Crippen LogP contribution >= 0.6 is 12.4 Å². The zero-order valence-electron chi connectivity index (χ0n) is 10.3. The maximum atomic E-state index is 12.4. The average molecular weight is 259 g/mol. The molecule has 3 aliphatic rings. The molecular formula is C13H23ClN2O. The predicted molar refractivity (Wildman–Crippen MR) is 70.0 cm³/mol. The standard InChI is InChI=1S/C13H22N2O.ClH/c14-8-9-4-1-2-7-15(9)13(16)12-10-5-3-6-11(10)12;/h9-12H,1-8,14H2;1H. The van der Waals surface area contributed by atoms with Gasteiger partial charge in [0, 0.05) is 25.0 Å². The Balaban J connectivity index is 0.00000108. The Morgan fingerprint density at radius 2 is 1.82 bits per heavy atom. The van der Waals surface area contributed by atoms with Crippen molar-refractivity contribution in [3.63, 3.8) is 0 Å². The van der Waals surface area contributed by atoms with Gasteiger partial charge >= 0.3 is 0 Å². The van der Waals surface area contributed by atoms with Gasteiger partial charge in [-0.05, 0) is 43.9 Å². The van der Waals surface area contributed by atoms with Gasteiger partial charge in [-0.15, -0.1) is 12.4 Å². The number of hydrogen-bond acceptors (Lipinski definition) is 2. The number of carbonyl (C=O) groups is 1. The molecule has 1 aliphatic heterocycles. The van der Waals surface area contributed by atoms with E-state index in [2.05, 4.69) is 4.90 Å². The Kier molecular flexibility index (Phi) is 3.99. The molecule has 3 fully saturated rings. The van der Waals surface area contributed by atoms with E-state index in [-0.39, 0.29) is 12.4 Å². The van der Waals surface area contributed by atoms with E-state index in [4.69, 9.17) is 5.73 Å². The van der Waals surface area contributed by atoms with Gasteiger partial charge in [-0.3, -0.25) is 4.79 Å². The van der Waals surface area contributed by atoms with Crippen LogP contribution in [0, 0.1) is 17.8 Å². The fourth-order valence-electron chi connectivity index (χ4n) is 3.92. The lowest BCUT2D eigenvalue weighted by molar-refractivity contribution is -0.136. The molecular weight excluding hydrogens is 236 g/mol. The first-order valence-corrected chi connectivity index (χ1v) is 6.83. The monoisotopic (exact) mass is 258 g/mol. The van der Waals surface area contributed by atoms with E-state index in [0.717, 1.165) is 24.8 Å². The highest BCUT2D eigenvalue weighted by Crippen LogP contribution is 2.58. The van der Waals surface area contributed by atoms with Gasteiger partial charge in [0.1, 0.15) is 0 Å². The van der Waals surface area contributed by atoms with Crippen LogP contribution in [0.4, 0.5) is 0 Å². The van der Waals surface area contributed by atoms with Crippen molar-refractivity contribution in [3.05, 3.63) is 0 Å². The van der Waals surface area contributed by atoms with Crippen LogP contribution in [0.15, 0.2) is 0 Å². The van der Waals surface area contributed by atoms with Crippen molar-refractivity contribution in [2.75, 3.05) is 13.1 Å². The quantitative estimate of drug-likeness (QED) is 0.821. The van der Waals surface area contributed by atoms with Gasteiger partial charge in [0.15, 0.2) is 0 Å². The predicted octanol–water partition coefficient (Wildman–Crippen LogP) is 1.79. The number of hydrogen-bond donors (Lipinski definition) is 1. The maximum Gasteiger partial charge on any atom is 0.226 e. The molecule has 3 rings (SSSR count). The molecule has 0 aromatic carbocycles. The van der Waals surface area contributed by atoms with Crippen molar-refractivity contribution in [2.45, 2.75) is 44.6 Å². The molecule has 1 heterocycles. The van der Waals surface area contributed by atoms with Crippen molar-refractivity contribution in [3.8, 4) is 0 Å². The first kappa shape index (κ1) is 13.2. The third kappa shape index (κ3) is 2.19. The second kappa shape index (κ2) is 5.15. The SMILES string of the molecule is Cl.NCC1CCCCN1C(=O)C1C2CCCC21. The number of nitrogens with zero attached hydrogens (tertiary/aromatic N) is 1. The number of likely N-dealkylation sites (tertiary alicyclic amines) is 1. The van der Waals surface area contributed by atoms with Crippen molar-refractivity contribution >= 4 is 18.3 Å². The zero-order chi connectivity index (χ0) is 11.1. The molecule has 2 N–H and O–H groups in total. The van der Waals surface area contributed by atoms with Crippen molar-refractivity contribution in [2.24, 2.45) is 23.5 Å². The van der Waals surface area contributed by atoms with Crippen LogP contribution < -0.4 is 5.73 Å². The molecule has 2 saturated carbocycles. The Bertz CT molecular complexity index is 287. The lowest BCUT2D eigenvalue weighted by atomic mass is 10.0. The van der Waals surface area contributed by atoms with Crippen LogP contribution in [-0.4, -0.2) is 29.9 Å². The summed E-state index contributed by atoms with van der Waals surface area (Å²) in [5.41, 5.74) is 5.77. The summed E-state index contributed by atoms with van der Waals surface area (Å²) < 4.78 is 0. The fourth-order valence-corrected chi connectivity index (χ4v) is 3.92. The van der Waals surface area contributed by atoms with E-state index in [9.17, 15) is 4.79 Å². The molecule has 0 aromatic heterocycles. The molecule has 3 atom stereocenters. The molecule has 2 aliphatic carbocycles. The number of halogens is 1. The Morgan fingerprint density at radius 1 is 1.12 bits per heavy atom. The molecule has 4 heteroatoms. The third-order valence-corrected chi connectivity index (χ3v) is 4.87. The molecule has 1 amide bonds. The van der Waals surface area contributed by atoms with Gasteiger partial charge in [-0.2, -0.15) is 0 Å². The van der Waals surface area contributed by atoms with E-state index in [1.165, 1.54) is 32.1 Å². The summed E-state index contributed by atoms with van der Waals surface area (Å²) in [7, 11) is 0. The first-order chi connectivity index (χ1) is 7.83. The van der Waals surface area contributed by atoms with Gasteiger partial charge < -0.3 is 10.6 Å². The number of amides is 1. The Morgan fingerprint density at radius 3 is 2.47 bits per heavy atom. The number of rotatable bonds is 2.